The number of carbonyl (C=O) groups excluding carboxylic acids is 1. The van der Waals surface area contributed by atoms with Crippen LogP contribution < -0.4 is 14.8 Å². The van der Waals surface area contributed by atoms with Crippen molar-refractivity contribution in [1.29, 1.82) is 0 Å². The van der Waals surface area contributed by atoms with E-state index in [1.807, 2.05) is 39.0 Å². The predicted molar refractivity (Wildman–Crippen MR) is 101 cm³/mol. The van der Waals surface area contributed by atoms with Gasteiger partial charge in [-0.1, -0.05) is 19.9 Å². The van der Waals surface area contributed by atoms with E-state index >= 15 is 0 Å². The zero-order valence-electron chi connectivity index (χ0n) is 16.1. The highest BCUT2D eigenvalue weighted by Gasteiger charge is 2.21. The lowest BCUT2D eigenvalue weighted by Crippen LogP contribution is -2.32. The van der Waals surface area contributed by atoms with E-state index in [4.69, 9.17) is 9.47 Å². The second-order valence-electron chi connectivity index (χ2n) is 6.31. The summed E-state index contributed by atoms with van der Waals surface area (Å²) < 4.78 is 11.3. The van der Waals surface area contributed by atoms with Crippen molar-refractivity contribution in [2.75, 3.05) is 13.2 Å². The minimum atomic E-state index is -0.247. The lowest BCUT2D eigenvalue weighted by atomic mass is 9.95. The van der Waals surface area contributed by atoms with Gasteiger partial charge in [-0.25, -0.2) is 4.98 Å². The predicted octanol–water partition coefficient (Wildman–Crippen LogP) is 3.71. The maximum atomic E-state index is 12.6. The lowest BCUT2D eigenvalue weighted by molar-refractivity contribution is 0.0920. The van der Waals surface area contributed by atoms with Gasteiger partial charge in [0.2, 0.25) is 0 Å². The molecule has 6 heteroatoms. The van der Waals surface area contributed by atoms with E-state index in [0.717, 1.165) is 11.3 Å². The summed E-state index contributed by atoms with van der Waals surface area (Å²) in [6, 6.07) is 5.59. The fourth-order valence-corrected chi connectivity index (χ4v) is 2.62. The number of rotatable bonds is 8. The Balaban J connectivity index is 2.27. The standard InChI is InChI=1S/C20H27N3O3/c1-6-25-17-9-8-15(10-18(17)26-7-2)19(13(3)4)23-20(24)16-12-21-14(5)11-22-16/h8-13,19H,6-7H2,1-5H3,(H,23,24). The largest absolute Gasteiger partial charge is 0.490 e. The Labute approximate surface area is 155 Å². The number of aryl methyl sites for hydroxylation is 1. The average molecular weight is 357 g/mol. The van der Waals surface area contributed by atoms with E-state index in [9.17, 15) is 4.79 Å². The summed E-state index contributed by atoms with van der Waals surface area (Å²) in [5, 5.41) is 3.05. The summed E-state index contributed by atoms with van der Waals surface area (Å²) in [4.78, 5) is 20.8. The van der Waals surface area contributed by atoms with Gasteiger partial charge in [0, 0.05) is 6.20 Å². The molecule has 0 fully saturated rings. The van der Waals surface area contributed by atoms with Gasteiger partial charge in [-0.3, -0.25) is 9.78 Å². The van der Waals surface area contributed by atoms with Crippen LogP contribution in [0.2, 0.25) is 0 Å². The molecule has 2 rings (SSSR count). The zero-order chi connectivity index (χ0) is 19.1. The van der Waals surface area contributed by atoms with Gasteiger partial charge in [0.25, 0.3) is 5.91 Å². The SMILES string of the molecule is CCOc1ccc(C(NC(=O)c2cnc(C)cn2)C(C)C)cc1OCC. The summed E-state index contributed by atoms with van der Waals surface area (Å²) in [6.45, 7) is 10.9. The summed E-state index contributed by atoms with van der Waals surface area (Å²) in [7, 11) is 0. The van der Waals surface area contributed by atoms with Gasteiger partial charge in [0.1, 0.15) is 5.69 Å². The van der Waals surface area contributed by atoms with Crippen LogP contribution in [0.15, 0.2) is 30.6 Å². The number of aromatic nitrogens is 2. The van der Waals surface area contributed by atoms with Crippen molar-refractivity contribution >= 4 is 5.91 Å². The van der Waals surface area contributed by atoms with Crippen LogP contribution in [0.1, 0.15) is 55.5 Å². The molecule has 26 heavy (non-hydrogen) atoms. The second kappa shape index (κ2) is 9.17. The summed E-state index contributed by atoms with van der Waals surface area (Å²) in [5.41, 5.74) is 2.03. The van der Waals surface area contributed by atoms with E-state index in [-0.39, 0.29) is 17.9 Å². The van der Waals surface area contributed by atoms with Gasteiger partial charge in [-0.2, -0.15) is 0 Å². The number of hydrogen-bond acceptors (Lipinski definition) is 5. The Morgan fingerprint density at radius 1 is 1.08 bits per heavy atom. The molecule has 2 aromatic rings. The summed E-state index contributed by atoms with van der Waals surface area (Å²) >= 11 is 0. The van der Waals surface area contributed by atoms with Gasteiger partial charge in [-0.05, 0) is 44.4 Å². The molecule has 0 spiro atoms. The number of nitrogens with one attached hydrogen (secondary N) is 1. The zero-order valence-corrected chi connectivity index (χ0v) is 16.1. The van der Waals surface area contributed by atoms with Crippen LogP contribution in [0, 0.1) is 12.8 Å². The quantitative estimate of drug-likeness (QED) is 0.780. The van der Waals surface area contributed by atoms with E-state index < -0.39 is 0 Å². The summed E-state index contributed by atoms with van der Waals surface area (Å²) in [6.07, 6.45) is 3.08. The molecule has 1 atom stereocenters. The van der Waals surface area contributed by atoms with Gasteiger partial charge in [0.15, 0.2) is 11.5 Å². The van der Waals surface area contributed by atoms with E-state index in [1.54, 1.807) is 6.20 Å². The molecule has 1 amide bonds. The highest BCUT2D eigenvalue weighted by Crippen LogP contribution is 2.33. The Morgan fingerprint density at radius 3 is 2.35 bits per heavy atom. The first kappa shape index (κ1) is 19.7. The molecular weight excluding hydrogens is 330 g/mol. The number of nitrogens with zero attached hydrogens (tertiary/aromatic N) is 2. The first-order chi connectivity index (χ1) is 12.5. The Bertz CT molecular complexity index is 730. The number of carbonyl (C=O) groups is 1. The fraction of sp³-hybridized carbons (Fsp3) is 0.450. The van der Waals surface area contributed by atoms with Crippen molar-refractivity contribution < 1.29 is 14.3 Å². The maximum absolute atomic E-state index is 12.6. The molecule has 1 aromatic carbocycles. The molecule has 1 heterocycles. The van der Waals surface area contributed by atoms with Gasteiger partial charge in [-0.15, -0.1) is 0 Å². The minimum absolute atomic E-state index is 0.180. The normalized spacial score (nSPS) is 11.9. The second-order valence-corrected chi connectivity index (χ2v) is 6.31. The molecular formula is C20H27N3O3. The van der Waals surface area contributed by atoms with Crippen LogP contribution in [-0.4, -0.2) is 29.1 Å². The molecule has 140 valence electrons. The third kappa shape index (κ3) is 4.94. The van der Waals surface area contributed by atoms with Crippen molar-refractivity contribution in [3.63, 3.8) is 0 Å². The molecule has 0 bridgehead atoms. The highest BCUT2D eigenvalue weighted by atomic mass is 16.5. The Kier molecular flexibility index (Phi) is 6.95. The Morgan fingerprint density at radius 2 is 1.77 bits per heavy atom. The highest BCUT2D eigenvalue weighted by molar-refractivity contribution is 5.92. The number of benzene rings is 1. The topological polar surface area (TPSA) is 73.3 Å². The molecule has 1 unspecified atom stereocenters. The maximum Gasteiger partial charge on any atom is 0.271 e. The smallest absolute Gasteiger partial charge is 0.271 e. The van der Waals surface area contributed by atoms with Crippen LogP contribution in [-0.2, 0) is 0 Å². The van der Waals surface area contributed by atoms with Gasteiger partial charge in [0.05, 0.1) is 31.1 Å². The van der Waals surface area contributed by atoms with E-state index in [2.05, 4.69) is 29.1 Å². The molecule has 0 aliphatic carbocycles. The van der Waals surface area contributed by atoms with Crippen LogP contribution in [0.5, 0.6) is 11.5 Å². The number of hydrogen-bond donors (Lipinski definition) is 1. The molecule has 0 aliphatic heterocycles. The third-order valence-electron chi connectivity index (χ3n) is 3.89. The van der Waals surface area contributed by atoms with E-state index in [0.29, 0.717) is 30.4 Å². The van der Waals surface area contributed by atoms with Crippen molar-refractivity contribution in [2.24, 2.45) is 5.92 Å². The van der Waals surface area contributed by atoms with Crippen molar-refractivity contribution in [2.45, 2.75) is 40.7 Å². The van der Waals surface area contributed by atoms with Gasteiger partial charge < -0.3 is 14.8 Å². The minimum Gasteiger partial charge on any atom is -0.490 e. The number of ether oxygens (including phenoxy) is 2. The van der Waals surface area contributed by atoms with E-state index in [1.165, 1.54) is 6.20 Å². The Hall–Kier alpha value is -2.63. The molecule has 0 saturated heterocycles. The number of amides is 1. The lowest BCUT2D eigenvalue weighted by Gasteiger charge is -2.24. The van der Waals surface area contributed by atoms with Crippen LogP contribution in [0.4, 0.5) is 0 Å². The first-order valence-electron chi connectivity index (χ1n) is 8.95. The molecule has 1 aromatic heterocycles. The van der Waals surface area contributed by atoms with Crippen molar-refractivity contribution in [1.82, 2.24) is 15.3 Å². The molecule has 1 N–H and O–H groups in total. The third-order valence-corrected chi connectivity index (χ3v) is 3.89. The molecule has 0 radical (unpaired) electrons. The van der Waals surface area contributed by atoms with Crippen molar-refractivity contribution in [3.05, 3.63) is 47.5 Å². The molecule has 0 aliphatic rings. The molecule has 6 nitrogen and oxygen atoms in total. The molecule has 0 saturated carbocycles. The van der Waals surface area contributed by atoms with Crippen LogP contribution in [0.3, 0.4) is 0 Å². The van der Waals surface area contributed by atoms with Crippen LogP contribution in [0.25, 0.3) is 0 Å². The van der Waals surface area contributed by atoms with Gasteiger partial charge >= 0.3 is 0 Å². The average Bonchev–Trinajstić information content (AvgIpc) is 2.62. The fourth-order valence-electron chi connectivity index (χ4n) is 2.62. The van der Waals surface area contributed by atoms with Crippen molar-refractivity contribution in [3.8, 4) is 11.5 Å². The monoisotopic (exact) mass is 357 g/mol. The summed E-state index contributed by atoms with van der Waals surface area (Å²) in [5.74, 6) is 1.33. The van der Waals surface area contributed by atoms with Crippen LogP contribution >= 0.6 is 0 Å². The first-order valence-corrected chi connectivity index (χ1v) is 8.95.